The number of amides is 1. The second kappa shape index (κ2) is 9.50. The van der Waals surface area contributed by atoms with Crippen molar-refractivity contribution in [3.8, 4) is 0 Å². The number of Topliss-reactive ketones (excluding diaryl/α,β-unsaturated/α-hetero) is 1. The molecule has 0 radical (unpaired) electrons. The number of ketones is 1. The van der Waals surface area contributed by atoms with Gasteiger partial charge in [0.05, 0.1) is 13.2 Å². The first-order chi connectivity index (χ1) is 14.8. The monoisotopic (exact) mass is 424 g/mol. The summed E-state index contributed by atoms with van der Waals surface area (Å²) in [4.78, 5) is 41.3. The van der Waals surface area contributed by atoms with Crippen LogP contribution in [-0.4, -0.2) is 46.3 Å². The number of hydrogen-bond acceptors (Lipinski definition) is 4. The van der Waals surface area contributed by atoms with Gasteiger partial charge in [0, 0.05) is 29.9 Å². The van der Waals surface area contributed by atoms with Crippen molar-refractivity contribution in [3.05, 3.63) is 58.4 Å². The zero-order valence-corrected chi connectivity index (χ0v) is 19.1. The summed E-state index contributed by atoms with van der Waals surface area (Å²) in [6.45, 7) is 5.40. The smallest absolute Gasteiger partial charge is 0.354 e. The van der Waals surface area contributed by atoms with Crippen molar-refractivity contribution in [2.24, 2.45) is 7.05 Å². The Balaban J connectivity index is 2.02. The van der Waals surface area contributed by atoms with E-state index in [4.69, 9.17) is 4.74 Å². The minimum Gasteiger partial charge on any atom is -0.464 e. The molecule has 1 heterocycles. The lowest BCUT2D eigenvalue weighted by molar-refractivity contribution is 0.0486. The van der Waals surface area contributed by atoms with Crippen LogP contribution in [0, 0.1) is 13.8 Å². The van der Waals surface area contributed by atoms with Crippen LogP contribution in [0.25, 0.3) is 0 Å². The maximum absolute atomic E-state index is 13.7. The number of carbonyl (C=O) groups is 3. The van der Waals surface area contributed by atoms with Gasteiger partial charge in [-0.3, -0.25) is 9.59 Å². The van der Waals surface area contributed by atoms with Crippen molar-refractivity contribution in [1.29, 1.82) is 0 Å². The van der Waals surface area contributed by atoms with E-state index < -0.39 is 12.0 Å². The molecule has 6 heteroatoms. The van der Waals surface area contributed by atoms with E-state index in [-0.39, 0.29) is 17.7 Å². The van der Waals surface area contributed by atoms with Crippen LogP contribution in [0.5, 0.6) is 0 Å². The van der Waals surface area contributed by atoms with Gasteiger partial charge in [-0.05, 0) is 51.3 Å². The van der Waals surface area contributed by atoms with Gasteiger partial charge in [0.25, 0.3) is 5.91 Å². The number of aromatic nitrogens is 1. The number of rotatable bonds is 6. The zero-order chi connectivity index (χ0) is 22.7. The van der Waals surface area contributed by atoms with Gasteiger partial charge >= 0.3 is 5.97 Å². The first-order valence-corrected chi connectivity index (χ1v) is 11.0. The van der Waals surface area contributed by atoms with Crippen molar-refractivity contribution in [2.75, 3.05) is 7.11 Å². The molecule has 1 fully saturated rings. The lowest BCUT2D eigenvalue weighted by atomic mass is 9.90. The summed E-state index contributed by atoms with van der Waals surface area (Å²) >= 11 is 0. The van der Waals surface area contributed by atoms with Gasteiger partial charge in [-0.1, -0.05) is 37.5 Å². The summed E-state index contributed by atoms with van der Waals surface area (Å²) < 4.78 is 6.61. The second-order valence-corrected chi connectivity index (χ2v) is 8.40. The lowest BCUT2D eigenvalue weighted by Crippen LogP contribution is -2.50. The number of esters is 1. The van der Waals surface area contributed by atoms with Crippen molar-refractivity contribution < 1.29 is 19.1 Å². The van der Waals surface area contributed by atoms with Crippen LogP contribution in [0.3, 0.4) is 0 Å². The van der Waals surface area contributed by atoms with Crippen LogP contribution in [0.15, 0.2) is 30.3 Å². The lowest BCUT2D eigenvalue weighted by Gasteiger charge is -2.38. The molecule has 1 aromatic heterocycles. The van der Waals surface area contributed by atoms with E-state index in [2.05, 4.69) is 0 Å². The molecule has 0 bridgehead atoms. The average molecular weight is 425 g/mol. The quantitative estimate of drug-likeness (QED) is 0.507. The van der Waals surface area contributed by atoms with Crippen molar-refractivity contribution >= 4 is 17.7 Å². The third-order valence-electron chi connectivity index (χ3n) is 6.58. The molecule has 1 unspecified atom stereocenters. The predicted octanol–water partition coefficient (Wildman–Crippen LogP) is 4.47. The predicted molar refractivity (Wildman–Crippen MR) is 120 cm³/mol. The number of nitrogens with zero attached hydrogens (tertiary/aromatic N) is 2. The topological polar surface area (TPSA) is 68.6 Å². The van der Waals surface area contributed by atoms with Gasteiger partial charge < -0.3 is 14.2 Å². The Hall–Kier alpha value is -2.89. The molecule has 1 aromatic carbocycles. The fourth-order valence-electron chi connectivity index (χ4n) is 4.81. The molecule has 1 amide bonds. The highest BCUT2D eigenvalue weighted by molar-refractivity contribution is 6.07. The van der Waals surface area contributed by atoms with Crippen molar-refractivity contribution in [3.63, 3.8) is 0 Å². The Morgan fingerprint density at radius 1 is 1.06 bits per heavy atom. The molecule has 2 aromatic rings. The number of carbonyl (C=O) groups excluding carboxylic acids is 3. The van der Waals surface area contributed by atoms with Crippen molar-refractivity contribution in [2.45, 2.75) is 65.0 Å². The van der Waals surface area contributed by atoms with Crippen LogP contribution in [0.1, 0.15) is 81.5 Å². The van der Waals surface area contributed by atoms with Gasteiger partial charge in [-0.15, -0.1) is 0 Å². The Morgan fingerprint density at radius 3 is 2.26 bits per heavy atom. The maximum Gasteiger partial charge on any atom is 0.354 e. The standard InChI is InChI=1S/C25H32N2O4/c1-16-21(17(2)26(4)22(16)25(30)31-5)23(28)18(3)27(20-14-10-7-11-15-20)24(29)19-12-8-6-9-13-19/h6,8-9,12-13,18,20H,7,10-11,14-15H2,1-5H3. The molecule has 0 saturated heterocycles. The van der Waals surface area contributed by atoms with Crippen LogP contribution in [0.4, 0.5) is 0 Å². The molecule has 1 atom stereocenters. The van der Waals surface area contributed by atoms with E-state index in [0.29, 0.717) is 28.1 Å². The normalized spacial score (nSPS) is 15.4. The van der Waals surface area contributed by atoms with Crippen LogP contribution in [0.2, 0.25) is 0 Å². The molecule has 1 aliphatic rings. The Morgan fingerprint density at radius 2 is 1.68 bits per heavy atom. The van der Waals surface area contributed by atoms with E-state index in [9.17, 15) is 14.4 Å². The third kappa shape index (κ3) is 4.29. The molecule has 1 aliphatic carbocycles. The van der Waals surface area contributed by atoms with E-state index in [1.54, 1.807) is 35.6 Å². The largest absolute Gasteiger partial charge is 0.464 e. The van der Waals surface area contributed by atoms with Gasteiger partial charge in [0.15, 0.2) is 5.78 Å². The minimum atomic E-state index is -0.638. The molecule has 1 saturated carbocycles. The van der Waals surface area contributed by atoms with E-state index in [1.165, 1.54) is 7.11 Å². The highest BCUT2D eigenvalue weighted by Gasteiger charge is 2.36. The van der Waals surface area contributed by atoms with Crippen LogP contribution in [-0.2, 0) is 11.8 Å². The van der Waals surface area contributed by atoms with Crippen LogP contribution < -0.4 is 0 Å². The number of benzene rings is 1. The van der Waals surface area contributed by atoms with Gasteiger partial charge in [-0.2, -0.15) is 0 Å². The molecule has 0 N–H and O–H groups in total. The Labute approximate surface area is 184 Å². The van der Waals surface area contributed by atoms with Gasteiger partial charge in [0.2, 0.25) is 0 Å². The van der Waals surface area contributed by atoms with Gasteiger partial charge in [-0.25, -0.2) is 4.79 Å². The van der Waals surface area contributed by atoms with E-state index >= 15 is 0 Å². The summed E-state index contributed by atoms with van der Waals surface area (Å²) in [5, 5.41) is 0. The Bertz CT molecular complexity index is 971. The average Bonchev–Trinajstić information content (AvgIpc) is 3.02. The minimum absolute atomic E-state index is 0.0322. The summed E-state index contributed by atoms with van der Waals surface area (Å²) in [5.41, 5.74) is 2.75. The molecule has 6 nitrogen and oxygen atoms in total. The fraction of sp³-hybridized carbons (Fsp3) is 0.480. The first kappa shape index (κ1) is 22.8. The first-order valence-electron chi connectivity index (χ1n) is 11.0. The Kier molecular flexibility index (Phi) is 6.98. The molecule has 0 spiro atoms. The summed E-state index contributed by atoms with van der Waals surface area (Å²) in [6.07, 6.45) is 5.07. The third-order valence-corrected chi connectivity index (χ3v) is 6.58. The SMILES string of the molecule is COC(=O)c1c(C)c(C(=O)C(C)N(C(=O)c2ccccc2)C2CCCCC2)c(C)n1C. The molecular formula is C25H32N2O4. The number of hydrogen-bond donors (Lipinski definition) is 0. The van der Waals surface area contributed by atoms with Crippen LogP contribution >= 0.6 is 0 Å². The number of methoxy groups -OCH3 is 1. The molecule has 166 valence electrons. The second-order valence-electron chi connectivity index (χ2n) is 8.40. The molecule has 0 aliphatic heterocycles. The van der Waals surface area contributed by atoms with E-state index in [1.807, 2.05) is 32.0 Å². The fourth-order valence-corrected chi connectivity index (χ4v) is 4.81. The summed E-state index contributed by atoms with van der Waals surface area (Å²) in [7, 11) is 3.08. The molecule has 31 heavy (non-hydrogen) atoms. The number of ether oxygens (including phenoxy) is 1. The summed E-state index contributed by atoms with van der Waals surface area (Å²) in [5.74, 6) is -0.734. The summed E-state index contributed by atoms with van der Waals surface area (Å²) in [6, 6.07) is 8.54. The molecular weight excluding hydrogens is 392 g/mol. The molecule has 3 rings (SSSR count). The van der Waals surface area contributed by atoms with E-state index in [0.717, 1.165) is 32.1 Å². The van der Waals surface area contributed by atoms with Gasteiger partial charge in [0.1, 0.15) is 5.69 Å². The highest BCUT2D eigenvalue weighted by Crippen LogP contribution is 2.29. The maximum atomic E-state index is 13.7. The van der Waals surface area contributed by atoms with Crippen molar-refractivity contribution in [1.82, 2.24) is 9.47 Å². The highest BCUT2D eigenvalue weighted by atomic mass is 16.5. The zero-order valence-electron chi connectivity index (χ0n) is 19.1.